The number of nitrogens with zero attached hydrogens (tertiary/aromatic N) is 3. The van der Waals surface area contributed by atoms with Crippen LogP contribution in [0.1, 0.15) is 25.2 Å². The Morgan fingerprint density at radius 1 is 1.33 bits per heavy atom. The summed E-state index contributed by atoms with van der Waals surface area (Å²) in [6.07, 6.45) is 1.51. The first kappa shape index (κ1) is 14.5. The number of methoxy groups -OCH3 is 1. The summed E-state index contributed by atoms with van der Waals surface area (Å²) < 4.78 is 4.80. The molecule has 1 unspecified atom stereocenters. The molecule has 0 saturated carbocycles. The molecule has 18 heavy (non-hydrogen) atoms. The van der Waals surface area contributed by atoms with E-state index >= 15 is 0 Å². The van der Waals surface area contributed by atoms with Crippen LogP contribution >= 0.6 is 0 Å². The fourth-order valence-electron chi connectivity index (χ4n) is 1.45. The highest BCUT2D eigenvalue weighted by Crippen LogP contribution is 2.06. The zero-order valence-electron chi connectivity index (χ0n) is 10.9. The number of nitrogens with two attached hydrogens (primary N) is 1. The van der Waals surface area contributed by atoms with Gasteiger partial charge in [0.25, 0.3) is 0 Å². The molecule has 7 nitrogen and oxygen atoms in total. The summed E-state index contributed by atoms with van der Waals surface area (Å²) >= 11 is 0. The van der Waals surface area contributed by atoms with Crippen molar-refractivity contribution in [1.29, 1.82) is 0 Å². The van der Waals surface area contributed by atoms with Gasteiger partial charge in [-0.05, 0) is 12.8 Å². The van der Waals surface area contributed by atoms with Gasteiger partial charge in [0.1, 0.15) is 6.04 Å². The van der Waals surface area contributed by atoms with Crippen molar-refractivity contribution in [2.75, 3.05) is 19.0 Å². The summed E-state index contributed by atoms with van der Waals surface area (Å²) in [5.41, 5.74) is 7.27. The quantitative estimate of drug-likeness (QED) is 0.734. The maximum Gasteiger partial charge on any atom is 0.249 e. The van der Waals surface area contributed by atoms with Gasteiger partial charge in [0.2, 0.25) is 11.9 Å². The van der Waals surface area contributed by atoms with Crippen LogP contribution in [-0.4, -0.2) is 40.8 Å². The SMILES string of the molecule is CCc1nnc(NC(=O)C(N)COC)nc1CC. The number of aryl methyl sites for hydroxylation is 2. The molecule has 0 fully saturated rings. The Morgan fingerprint density at radius 3 is 2.56 bits per heavy atom. The maximum atomic E-state index is 11.6. The first-order valence-corrected chi connectivity index (χ1v) is 5.90. The Hall–Kier alpha value is -1.60. The van der Waals surface area contributed by atoms with E-state index in [1.54, 1.807) is 0 Å². The van der Waals surface area contributed by atoms with Crippen LogP contribution in [-0.2, 0) is 22.4 Å². The van der Waals surface area contributed by atoms with Gasteiger partial charge in [-0.1, -0.05) is 13.8 Å². The Bertz CT molecular complexity index is 410. The number of carbonyl (C=O) groups excluding carboxylic acids is 1. The second kappa shape index (κ2) is 6.97. The fourth-order valence-corrected chi connectivity index (χ4v) is 1.45. The smallest absolute Gasteiger partial charge is 0.249 e. The van der Waals surface area contributed by atoms with Gasteiger partial charge in [-0.3, -0.25) is 10.1 Å². The number of ether oxygens (including phenoxy) is 1. The van der Waals surface area contributed by atoms with Crippen LogP contribution in [0.2, 0.25) is 0 Å². The van der Waals surface area contributed by atoms with Crippen LogP contribution in [0.15, 0.2) is 0 Å². The normalized spacial score (nSPS) is 12.2. The first-order chi connectivity index (χ1) is 8.62. The highest BCUT2D eigenvalue weighted by Gasteiger charge is 2.15. The molecular formula is C11H19N5O2. The number of aromatic nitrogens is 3. The zero-order valence-corrected chi connectivity index (χ0v) is 10.9. The van der Waals surface area contributed by atoms with Crippen molar-refractivity contribution in [3.8, 4) is 0 Å². The van der Waals surface area contributed by atoms with Crippen molar-refractivity contribution in [2.24, 2.45) is 5.73 Å². The number of hydrogen-bond acceptors (Lipinski definition) is 6. The average molecular weight is 253 g/mol. The molecule has 1 aromatic rings. The van der Waals surface area contributed by atoms with Crippen molar-refractivity contribution in [1.82, 2.24) is 15.2 Å². The summed E-state index contributed by atoms with van der Waals surface area (Å²) in [6.45, 7) is 4.11. The van der Waals surface area contributed by atoms with E-state index < -0.39 is 6.04 Å². The third kappa shape index (κ3) is 3.71. The lowest BCUT2D eigenvalue weighted by molar-refractivity contribution is -0.118. The minimum absolute atomic E-state index is 0.146. The Morgan fingerprint density at radius 2 is 2.00 bits per heavy atom. The average Bonchev–Trinajstić information content (AvgIpc) is 2.38. The molecular weight excluding hydrogens is 234 g/mol. The lowest BCUT2D eigenvalue weighted by Crippen LogP contribution is -2.39. The molecule has 1 atom stereocenters. The molecule has 3 N–H and O–H groups in total. The third-order valence-electron chi connectivity index (χ3n) is 2.43. The van der Waals surface area contributed by atoms with Crippen molar-refractivity contribution in [3.05, 3.63) is 11.4 Å². The molecule has 0 aromatic carbocycles. The van der Waals surface area contributed by atoms with Gasteiger partial charge in [-0.15, -0.1) is 10.2 Å². The maximum absolute atomic E-state index is 11.6. The molecule has 100 valence electrons. The number of hydrogen-bond donors (Lipinski definition) is 2. The van der Waals surface area contributed by atoms with Gasteiger partial charge < -0.3 is 10.5 Å². The molecule has 1 aromatic heterocycles. The Kier molecular flexibility index (Phi) is 5.60. The lowest BCUT2D eigenvalue weighted by Gasteiger charge is -2.11. The van der Waals surface area contributed by atoms with E-state index in [1.807, 2.05) is 13.8 Å². The van der Waals surface area contributed by atoms with Gasteiger partial charge in [0, 0.05) is 7.11 Å². The third-order valence-corrected chi connectivity index (χ3v) is 2.43. The second-order valence-electron chi connectivity index (χ2n) is 3.79. The topological polar surface area (TPSA) is 103 Å². The molecule has 0 bridgehead atoms. The molecule has 0 radical (unpaired) electrons. The number of nitrogens with one attached hydrogen (secondary N) is 1. The van der Waals surface area contributed by atoms with Gasteiger partial charge in [0.05, 0.1) is 18.0 Å². The van der Waals surface area contributed by atoms with Gasteiger partial charge in [-0.25, -0.2) is 4.98 Å². The second-order valence-corrected chi connectivity index (χ2v) is 3.79. The van der Waals surface area contributed by atoms with Crippen molar-refractivity contribution in [2.45, 2.75) is 32.7 Å². The number of amides is 1. The summed E-state index contributed by atoms with van der Waals surface area (Å²) in [4.78, 5) is 15.9. The highest BCUT2D eigenvalue weighted by atomic mass is 16.5. The molecule has 0 aliphatic rings. The van der Waals surface area contributed by atoms with Gasteiger partial charge >= 0.3 is 0 Å². The van der Waals surface area contributed by atoms with E-state index in [9.17, 15) is 4.79 Å². The predicted octanol–water partition coefficient (Wildman–Crippen LogP) is -0.0914. The monoisotopic (exact) mass is 253 g/mol. The molecule has 1 heterocycles. The van der Waals surface area contributed by atoms with Gasteiger partial charge in [0.15, 0.2) is 0 Å². The first-order valence-electron chi connectivity index (χ1n) is 5.90. The van der Waals surface area contributed by atoms with E-state index in [2.05, 4.69) is 20.5 Å². The predicted molar refractivity (Wildman–Crippen MR) is 67.1 cm³/mol. The van der Waals surface area contributed by atoms with E-state index in [0.717, 1.165) is 24.2 Å². The number of carbonyl (C=O) groups is 1. The standard InChI is InChI=1S/C11H19N5O2/c1-4-8-9(5-2)15-16-11(13-8)14-10(17)7(12)6-18-3/h7H,4-6,12H2,1-3H3,(H,13,14,16,17). The highest BCUT2D eigenvalue weighted by molar-refractivity contribution is 5.93. The van der Waals surface area contributed by atoms with Crippen LogP contribution in [0, 0.1) is 0 Å². The minimum Gasteiger partial charge on any atom is -0.383 e. The molecule has 0 aliphatic heterocycles. The van der Waals surface area contributed by atoms with Crippen molar-refractivity contribution in [3.63, 3.8) is 0 Å². The molecule has 0 aliphatic carbocycles. The van der Waals surface area contributed by atoms with Crippen molar-refractivity contribution >= 4 is 11.9 Å². The largest absolute Gasteiger partial charge is 0.383 e. The van der Waals surface area contributed by atoms with Gasteiger partial charge in [-0.2, -0.15) is 0 Å². The van der Waals surface area contributed by atoms with Crippen molar-refractivity contribution < 1.29 is 9.53 Å². The summed E-state index contributed by atoms with van der Waals surface area (Å²) in [7, 11) is 1.48. The van der Waals surface area contributed by atoms with Crippen LogP contribution in [0.25, 0.3) is 0 Å². The van der Waals surface area contributed by atoms with Crippen LogP contribution in [0.5, 0.6) is 0 Å². The van der Waals surface area contributed by atoms with E-state index in [1.165, 1.54) is 7.11 Å². The number of anilines is 1. The Labute approximate surface area is 106 Å². The molecule has 0 spiro atoms. The van der Waals surface area contributed by atoms with Crippen LogP contribution in [0.3, 0.4) is 0 Å². The lowest BCUT2D eigenvalue weighted by atomic mass is 10.2. The molecule has 7 heteroatoms. The van der Waals surface area contributed by atoms with E-state index in [0.29, 0.717) is 0 Å². The zero-order chi connectivity index (χ0) is 13.5. The van der Waals surface area contributed by atoms with Crippen LogP contribution in [0.4, 0.5) is 5.95 Å². The van der Waals surface area contributed by atoms with E-state index in [-0.39, 0.29) is 18.5 Å². The summed E-state index contributed by atoms with van der Waals surface area (Å²) in [6, 6.07) is -0.741. The number of rotatable bonds is 6. The summed E-state index contributed by atoms with van der Waals surface area (Å²) in [5.74, 6) is -0.203. The molecule has 1 amide bonds. The molecule has 1 rings (SSSR count). The van der Waals surface area contributed by atoms with Crippen LogP contribution < -0.4 is 11.1 Å². The Balaban J connectivity index is 2.76. The molecule has 0 saturated heterocycles. The fraction of sp³-hybridized carbons (Fsp3) is 0.636. The van der Waals surface area contributed by atoms with E-state index in [4.69, 9.17) is 10.5 Å². The minimum atomic E-state index is -0.741. The summed E-state index contributed by atoms with van der Waals surface area (Å²) in [5, 5.41) is 10.4.